The second-order valence-electron chi connectivity index (χ2n) is 6.84. The third kappa shape index (κ3) is 6.36. The van der Waals surface area contributed by atoms with Crippen molar-refractivity contribution in [2.24, 2.45) is 0 Å². The number of carbonyl (C=O) groups is 3. The second-order valence-corrected chi connectivity index (χ2v) is 7.28. The summed E-state index contributed by atoms with van der Waals surface area (Å²) in [6.07, 6.45) is 1.99. The molecule has 0 saturated heterocycles. The van der Waals surface area contributed by atoms with Crippen molar-refractivity contribution in [2.45, 2.75) is 19.8 Å². The van der Waals surface area contributed by atoms with E-state index in [1.54, 1.807) is 42.5 Å². The van der Waals surface area contributed by atoms with Crippen molar-refractivity contribution in [2.75, 3.05) is 11.9 Å². The van der Waals surface area contributed by atoms with Gasteiger partial charge in [0.15, 0.2) is 5.76 Å². The van der Waals surface area contributed by atoms with E-state index in [-0.39, 0.29) is 29.3 Å². The molecule has 3 rings (SSSR count). The predicted octanol–water partition coefficient (Wildman–Crippen LogP) is 4.11. The molecular formula is C23H22ClN3O5. The minimum absolute atomic E-state index is 0.115. The zero-order chi connectivity index (χ0) is 22.9. The molecule has 0 atom stereocenters. The zero-order valence-corrected chi connectivity index (χ0v) is 18.1. The monoisotopic (exact) mass is 455 g/mol. The number of benzene rings is 2. The highest BCUT2D eigenvalue weighted by atomic mass is 35.5. The van der Waals surface area contributed by atoms with Crippen molar-refractivity contribution in [1.29, 1.82) is 0 Å². The molecule has 1 aromatic heterocycles. The fraction of sp³-hybridized carbons (Fsp3) is 0.174. The van der Waals surface area contributed by atoms with Crippen LogP contribution >= 0.6 is 11.6 Å². The molecule has 9 heteroatoms. The summed E-state index contributed by atoms with van der Waals surface area (Å²) in [5, 5.41) is 3.25. The molecule has 32 heavy (non-hydrogen) atoms. The molecule has 2 aromatic carbocycles. The third-order valence-electron chi connectivity index (χ3n) is 4.42. The van der Waals surface area contributed by atoms with E-state index in [9.17, 15) is 14.4 Å². The van der Waals surface area contributed by atoms with Gasteiger partial charge in [-0.15, -0.1) is 0 Å². The minimum Gasteiger partial charge on any atom is -0.493 e. The number of hydrogen-bond acceptors (Lipinski definition) is 5. The van der Waals surface area contributed by atoms with Crippen LogP contribution in [0.1, 0.15) is 39.3 Å². The Morgan fingerprint density at radius 2 is 1.81 bits per heavy atom. The van der Waals surface area contributed by atoms with Crippen LogP contribution in [0.4, 0.5) is 5.69 Å². The third-order valence-corrected chi connectivity index (χ3v) is 4.66. The number of hydrazine groups is 1. The number of ether oxygens (including phenoxy) is 1. The molecule has 0 aliphatic heterocycles. The van der Waals surface area contributed by atoms with Gasteiger partial charge in [0, 0.05) is 11.4 Å². The lowest BCUT2D eigenvalue weighted by atomic mass is 10.1. The van der Waals surface area contributed by atoms with E-state index >= 15 is 0 Å². The quantitative estimate of drug-likeness (QED) is 0.349. The first-order chi connectivity index (χ1) is 15.4. The van der Waals surface area contributed by atoms with Crippen LogP contribution in [0, 0.1) is 6.92 Å². The van der Waals surface area contributed by atoms with Crippen LogP contribution in [0.15, 0.2) is 65.3 Å². The first-order valence-corrected chi connectivity index (χ1v) is 10.2. The Balaban J connectivity index is 1.45. The Bertz CT molecular complexity index is 1100. The summed E-state index contributed by atoms with van der Waals surface area (Å²) in [6, 6.07) is 14.8. The molecular weight excluding hydrogens is 434 g/mol. The van der Waals surface area contributed by atoms with Gasteiger partial charge in [0.05, 0.1) is 24.1 Å². The fourth-order valence-electron chi connectivity index (χ4n) is 2.83. The molecule has 0 bridgehead atoms. The van der Waals surface area contributed by atoms with Gasteiger partial charge in [0.1, 0.15) is 5.75 Å². The smallest absolute Gasteiger partial charge is 0.291 e. The highest BCUT2D eigenvalue weighted by Gasteiger charge is 2.16. The van der Waals surface area contributed by atoms with Gasteiger partial charge >= 0.3 is 0 Å². The number of anilines is 1. The topological polar surface area (TPSA) is 110 Å². The highest BCUT2D eigenvalue weighted by molar-refractivity contribution is 6.30. The Morgan fingerprint density at radius 1 is 1.00 bits per heavy atom. The van der Waals surface area contributed by atoms with Crippen LogP contribution < -0.4 is 20.9 Å². The van der Waals surface area contributed by atoms with E-state index in [1.807, 2.05) is 6.92 Å². The summed E-state index contributed by atoms with van der Waals surface area (Å²) in [4.78, 5) is 36.7. The van der Waals surface area contributed by atoms with E-state index in [0.717, 1.165) is 5.56 Å². The summed E-state index contributed by atoms with van der Waals surface area (Å²) in [5.74, 6) is -0.607. The summed E-state index contributed by atoms with van der Waals surface area (Å²) >= 11 is 5.91. The van der Waals surface area contributed by atoms with Crippen LogP contribution in [-0.2, 0) is 4.79 Å². The molecule has 3 amide bonds. The molecule has 0 aliphatic carbocycles. The Kier molecular flexibility index (Phi) is 7.88. The first kappa shape index (κ1) is 22.9. The SMILES string of the molecule is Cc1cc(Cl)ccc1OCCCC(=O)NNC(=O)c1ccccc1NC(=O)c1ccco1. The van der Waals surface area contributed by atoms with Crippen LogP contribution in [0.5, 0.6) is 5.75 Å². The number of carbonyl (C=O) groups excluding carboxylic acids is 3. The number of nitrogens with one attached hydrogen (secondary N) is 3. The lowest BCUT2D eigenvalue weighted by molar-refractivity contribution is -0.122. The number of rotatable bonds is 8. The van der Waals surface area contributed by atoms with Gasteiger partial charge in [-0.1, -0.05) is 23.7 Å². The molecule has 0 unspecified atom stereocenters. The van der Waals surface area contributed by atoms with E-state index in [4.69, 9.17) is 20.8 Å². The van der Waals surface area contributed by atoms with Crippen molar-refractivity contribution in [3.05, 3.63) is 82.8 Å². The highest BCUT2D eigenvalue weighted by Crippen LogP contribution is 2.22. The lowest BCUT2D eigenvalue weighted by Gasteiger charge is -2.12. The van der Waals surface area contributed by atoms with Crippen LogP contribution in [0.25, 0.3) is 0 Å². The number of aryl methyl sites for hydroxylation is 1. The molecule has 1 heterocycles. The van der Waals surface area contributed by atoms with Gasteiger partial charge in [-0.3, -0.25) is 25.2 Å². The van der Waals surface area contributed by atoms with Gasteiger partial charge in [-0.25, -0.2) is 0 Å². The Hall–Kier alpha value is -3.78. The molecule has 0 radical (unpaired) electrons. The maximum Gasteiger partial charge on any atom is 0.291 e. The normalized spacial score (nSPS) is 10.3. The Labute approximate surface area is 189 Å². The van der Waals surface area contributed by atoms with Crippen LogP contribution in [0.3, 0.4) is 0 Å². The molecule has 0 spiro atoms. The van der Waals surface area contributed by atoms with Gasteiger partial charge in [0.2, 0.25) is 5.91 Å². The van der Waals surface area contributed by atoms with Crippen LogP contribution in [-0.4, -0.2) is 24.3 Å². The fourth-order valence-corrected chi connectivity index (χ4v) is 3.05. The minimum atomic E-state index is -0.568. The Morgan fingerprint density at radius 3 is 2.56 bits per heavy atom. The van der Waals surface area contributed by atoms with Gasteiger partial charge in [-0.2, -0.15) is 0 Å². The van der Waals surface area contributed by atoms with E-state index < -0.39 is 11.8 Å². The van der Waals surface area contributed by atoms with Crippen molar-refractivity contribution in [1.82, 2.24) is 10.9 Å². The van der Waals surface area contributed by atoms with E-state index in [0.29, 0.717) is 23.8 Å². The first-order valence-electron chi connectivity index (χ1n) is 9.86. The van der Waals surface area contributed by atoms with Gasteiger partial charge in [-0.05, 0) is 61.4 Å². The van der Waals surface area contributed by atoms with Crippen LogP contribution in [0.2, 0.25) is 5.02 Å². The van der Waals surface area contributed by atoms with E-state index in [2.05, 4.69) is 16.2 Å². The molecule has 166 valence electrons. The zero-order valence-electron chi connectivity index (χ0n) is 17.3. The molecule has 8 nitrogen and oxygen atoms in total. The number of halogens is 1. The summed E-state index contributed by atoms with van der Waals surface area (Å²) in [6.45, 7) is 2.23. The van der Waals surface area contributed by atoms with Gasteiger partial charge < -0.3 is 14.5 Å². The maximum absolute atomic E-state index is 12.5. The standard InChI is InChI=1S/C23H22ClN3O5/c1-15-14-16(24)10-11-19(15)31-13-5-9-21(28)26-27-22(29)17-6-2-3-7-18(17)25-23(30)20-8-4-12-32-20/h2-4,6-8,10-12,14H,5,9,13H2,1H3,(H,25,30)(H,26,28)(H,27,29). The molecule has 0 aliphatic rings. The number of para-hydroxylation sites is 1. The van der Waals surface area contributed by atoms with Crippen molar-refractivity contribution in [3.8, 4) is 5.75 Å². The molecule has 0 saturated carbocycles. The molecule has 3 N–H and O–H groups in total. The molecule has 0 fully saturated rings. The maximum atomic E-state index is 12.5. The lowest BCUT2D eigenvalue weighted by Crippen LogP contribution is -2.41. The average Bonchev–Trinajstić information content (AvgIpc) is 3.32. The van der Waals surface area contributed by atoms with Crippen molar-refractivity contribution in [3.63, 3.8) is 0 Å². The summed E-state index contributed by atoms with van der Waals surface area (Å²) < 4.78 is 10.7. The summed E-state index contributed by atoms with van der Waals surface area (Å²) in [7, 11) is 0. The summed E-state index contributed by atoms with van der Waals surface area (Å²) in [5.41, 5.74) is 6.10. The second kappa shape index (κ2) is 11.0. The largest absolute Gasteiger partial charge is 0.493 e. The van der Waals surface area contributed by atoms with E-state index in [1.165, 1.54) is 18.4 Å². The average molecular weight is 456 g/mol. The predicted molar refractivity (Wildman–Crippen MR) is 120 cm³/mol. The number of hydrogen-bond donors (Lipinski definition) is 3. The van der Waals surface area contributed by atoms with Crippen molar-refractivity contribution >= 4 is 35.0 Å². The molecule has 3 aromatic rings. The van der Waals surface area contributed by atoms with Gasteiger partial charge in [0.25, 0.3) is 11.8 Å². The number of amides is 3. The number of furan rings is 1. The van der Waals surface area contributed by atoms with Crippen molar-refractivity contribution < 1.29 is 23.5 Å².